The summed E-state index contributed by atoms with van der Waals surface area (Å²) in [6, 6.07) is 9.23. The van der Waals surface area contributed by atoms with E-state index in [0.29, 0.717) is 16.9 Å². The number of aryl methyl sites for hydroxylation is 1. The first-order valence-corrected chi connectivity index (χ1v) is 11.1. The highest BCUT2D eigenvalue weighted by molar-refractivity contribution is 7.18. The number of para-hydroxylation sites is 1. The van der Waals surface area contributed by atoms with Crippen LogP contribution in [0.3, 0.4) is 0 Å². The summed E-state index contributed by atoms with van der Waals surface area (Å²) in [7, 11) is 0. The van der Waals surface area contributed by atoms with Crippen LogP contribution in [0.15, 0.2) is 45.9 Å². The van der Waals surface area contributed by atoms with Crippen LogP contribution in [0, 0.1) is 11.3 Å². The van der Waals surface area contributed by atoms with Gasteiger partial charge in [-0.1, -0.05) is 39.0 Å². The van der Waals surface area contributed by atoms with E-state index in [1.165, 1.54) is 15.8 Å². The van der Waals surface area contributed by atoms with Gasteiger partial charge in [0, 0.05) is 10.3 Å². The maximum atomic E-state index is 13.2. The monoisotopic (exact) mass is 420 g/mol. The molecule has 3 aromatic heterocycles. The van der Waals surface area contributed by atoms with Gasteiger partial charge in [-0.25, -0.2) is 4.98 Å². The van der Waals surface area contributed by atoms with Crippen molar-refractivity contribution >= 4 is 38.3 Å². The zero-order valence-corrected chi connectivity index (χ0v) is 18.2. The van der Waals surface area contributed by atoms with Gasteiger partial charge in [-0.3, -0.25) is 14.2 Å². The molecule has 0 aliphatic heterocycles. The Balaban J connectivity index is 1.48. The molecule has 0 spiro atoms. The lowest BCUT2D eigenvalue weighted by Crippen LogP contribution is -2.27. The summed E-state index contributed by atoms with van der Waals surface area (Å²) in [6.07, 6.45) is 4.47. The van der Waals surface area contributed by atoms with E-state index in [1.54, 1.807) is 17.4 Å². The zero-order chi connectivity index (χ0) is 21.0. The first-order valence-electron chi connectivity index (χ1n) is 10.3. The van der Waals surface area contributed by atoms with E-state index < -0.39 is 0 Å². The molecule has 0 amide bonds. The molecule has 6 heteroatoms. The number of carbonyl (C=O) groups excluding carboxylic acids is 1. The number of furan rings is 1. The number of nitrogens with zero attached hydrogens (tertiary/aromatic N) is 2. The van der Waals surface area contributed by atoms with Gasteiger partial charge >= 0.3 is 0 Å². The molecule has 5 rings (SSSR count). The topological polar surface area (TPSA) is 65.1 Å². The second-order valence-corrected chi connectivity index (χ2v) is 10.3. The molecule has 0 bridgehead atoms. The van der Waals surface area contributed by atoms with Crippen molar-refractivity contribution in [3.8, 4) is 0 Å². The summed E-state index contributed by atoms with van der Waals surface area (Å²) in [5.74, 6) is 0.643. The molecule has 0 saturated carbocycles. The van der Waals surface area contributed by atoms with E-state index in [0.717, 1.165) is 35.0 Å². The van der Waals surface area contributed by atoms with Gasteiger partial charge in [0.05, 0.1) is 18.3 Å². The second kappa shape index (κ2) is 6.91. The van der Waals surface area contributed by atoms with Crippen molar-refractivity contribution in [3.05, 3.63) is 63.2 Å². The largest absolute Gasteiger partial charge is 0.453 e. The van der Waals surface area contributed by atoms with Crippen molar-refractivity contribution < 1.29 is 9.21 Å². The fraction of sp³-hybridized carbons (Fsp3) is 0.375. The Bertz CT molecular complexity index is 1300. The standard InChI is InChI=1S/C24H24N2O3S/c1-24(2,3)15-8-9-16-20(11-15)30-22-21(16)23(28)26(13-25-22)12-17(27)19-10-14-6-4-5-7-18(14)29-19/h4-7,10,13,15H,8-9,11-12H2,1-3H3/t15-/m0/s1. The predicted molar refractivity (Wildman–Crippen MR) is 119 cm³/mol. The van der Waals surface area contributed by atoms with Crippen LogP contribution in [0.2, 0.25) is 0 Å². The molecule has 0 unspecified atom stereocenters. The van der Waals surface area contributed by atoms with Crippen molar-refractivity contribution in [2.75, 3.05) is 0 Å². The summed E-state index contributed by atoms with van der Waals surface area (Å²) >= 11 is 1.63. The van der Waals surface area contributed by atoms with Crippen LogP contribution in [0.4, 0.5) is 0 Å². The molecule has 1 atom stereocenters. The molecule has 0 fully saturated rings. The van der Waals surface area contributed by atoms with Gasteiger partial charge in [-0.2, -0.15) is 0 Å². The molecule has 1 aliphatic carbocycles. The fourth-order valence-electron chi connectivity index (χ4n) is 4.40. The minimum Gasteiger partial charge on any atom is -0.453 e. The molecule has 0 N–H and O–H groups in total. The minimum absolute atomic E-state index is 0.0726. The average molecular weight is 421 g/mol. The van der Waals surface area contributed by atoms with Gasteiger partial charge in [-0.15, -0.1) is 11.3 Å². The van der Waals surface area contributed by atoms with Crippen LogP contribution in [0.25, 0.3) is 21.2 Å². The van der Waals surface area contributed by atoms with E-state index in [4.69, 9.17) is 4.42 Å². The molecule has 154 valence electrons. The minimum atomic E-state index is -0.230. The lowest BCUT2D eigenvalue weighted by atomic mass is 9.72. The van der Waals surface area contributed by atoms with Gasteiger partial charge in [0.15, 0.2) is 5.76 Å². The van der Waals surface area contributed by atoms with E-state index in [1.807, 2.05) is 24.3 Å². The Kier molecular flexibility index (Phi) is 4.43. The van der Waals surface area contributed by atoms with Crippen molar-refractivity contribution in [1.82, 2.24) is 9.55 Å². The van der Waals surface area contributed by atoms with Crippen LogP contribution >= 0.6 is 11.3 Å². The van der Waals surface area contributed by atoms with Crippen LogP contribution < -0.4 is 5.56 Å². The van der Waals surface area contributed by atoms with Crippen LogP contribution in [-0.4, -0.2) is 15.3 Å². The number of aromatic nitrogens is 2. The molecule has 1 aromatic carbocycles. The third kappa shape index (κ3) is 3.19. The molecule has 4 aromatic rings. The number of thiophene rings is 1. The first-order chi connectivity index (χ1) is 14.3. The van der Waals surface area contributed by atoms with Crippen LogP contribution in [-0.2, 0) is 19.4 Å². The average Bonchev–Trinajstić information content (AvgIpc) is 3.30. The van der Waals surface area contributed by atoms with Gasteiger partial charge in [-0.05, 0) is 48.3 Å². The predicted octanol–water partition coefficient (Wildman–Crippen LogP) is 5.24. The fourth-order valence-corrected chi connectivity index (χ4v) is 5.66. The molecule has 0 saturated heterocycles. The highest BCUT2D eigenvalue weighted by Crippen LogP contribution is 2.41. The highest BCUT2D eigenvalue weighted by atomic mass is 32.1. The van der Waals surface area contributed by atoms with E-state index >= 15 is 0 Å². The SMILES string of the molecule is CC(C)(C)[C@H]1CCc2c(sc3ncn(CC(=O)c4cc5ccccc5o4)c(=O)c23)C1. The number of ketones is 1. The van der Waals surface area contributed by atoms with Gasteiger partial charge < -0.3 is 4.42 Å². The maximum Gasteiger partial charge on any atom is 0.262 e. The first kappa shape index (κ1) is 19.2. The number of hydrogen-bond acceptors (Lipinski definition) is 5. The summed E-state index contributed by atoms with van der Waals surface area (Å²) in [4.78, 5) is 32.6. The normalized spacial score (nSPS) is 16.8. The van der Waals surface area contributed by atoms with Gasteiger partial charge in [0.25, 0.3) is 5.56 Å². The third-order valence-corrected chi connectivity index (χ3v) is 7.44. The third-order valence-electron chi connectivity index (χ3n) is 6.27. The molecule has 1 aliphatic rings. The quantitative estimate of drug-likeness (QED) is 0.425. The Labute approximate surface area is 178 Å². The highest BCUT2D eigenvalue weighted by Gasteiger charge is 2.31. The summed E-state index contributed by atoms with van der Waals surface area (Å²) in [6.45, 7) is 6.78. The summed E-state index contributed by atoms with van der Waals surface area (Å²) in [5, 5.41) is 1.57. The van der Waals surface area contributed by atoms with E-state index in [9.17, 15) is 9.59 Å². The Hall–Kier alpha value is -2.73. The molecule has 3 heterocycles. The zero-order valence-electron chi connectivity index (χ0n) is 17.4. The molecule has 5 nitrogen and oxygen atoms in total. The number of carbonyl (C=O) groups is 1. The Morgan fingerprint density at radius 1 is 1.30 bits per heavy atom. The molecule has 30 heavy (non-hydrogen) atoms. The Morgan fingerprint density at radius 3 is 2.87 bits per heavy atom. The number of benzene rings is 1. The van der Waals surface area contributed by atoms with Gasteiger partial charge in [0.2, 0.25) is 5.78 Å². The lowest BCUT2D eigenvalue weighted by Gasteiger charge is -2.33. The van der Waals surface area contributed by atoms with Crippen LogP contribution in [0.5, 0.6) is 0 Å². The van der Waals surface area contributed by atoms with Crippen molar-refractivity contribution in [1.29, 1.82) is 0 Å². The number of rotatable bonds is 3. The van der Waals surface area contributed by atoms with Crippen molar-refractivity contribution in [2.45, 2.75) is 46.6 Å². The molecular weight excluding hydrogens is 396 g/mol. The molecular formula is C24H24N2O3S. The number of hydrogen-bond donors (Lipinski definition) is 0. The molecule has 0 radical (unpaired) electrons. The second-order valence-electron chi connectivity index (χ2n) is 9.24. The summed E-state index contributed by atoms with van der Waals surface area (Å²) in [5.41, 5.74) is 1.93. The summed E-state index contributed by atoms with van der Waals surface area (Å²) < 4.78 is 7.08. The Morgan fingerprint density at radius 2 is 2.10 bits per heavy atom. The van der Waals surface area contributed by atoms with Crippen molar-refractivity contribution in [3.63, 3.8) is 0 Å². The van der Waals surface area contributed by atoms with Crippen molar-refractivity contribution in [2.24, 2.45) is 11.3 Å². The number of Topliss-reactive ketones (excluding diaryl/α,β-unsaturated/α-hetero) is 1. The lowest BCUT2D eigenvalue weighted by molar-refractivity contribution is 0.0945. The van der Waals surface area contributed by atoms with E-state index in [-0.39, 0.29) is 29.1 Å². The van der Waals surface area contributed by atoms with Gasteiger partial charge in [0.1, 0.15) is 10.4 Å². The van der Waals surface area contributed by atoms with Crippen LogP contribution in [0.1, 0.15) is 48.2 Å². The van der Waals surface area contributed by atoms with E-state index in [2.05, 4.69) is 25.8 Å². The smallest absolute Gasteiger partial charge is 0.262 e. The maximum absolute atomic E-state index is 13.2. The number of fused-ring (bicyclic) bond motifs is 4.